The van der Waals surface area contributed by atoms with E-state index in [1.807, 2.05) is 0 Å². The van der Waals surface area contributed by atoms with Crippen LogP contribution < -0.4 is 5.32 Å². The zero-order chi connectivity index (χ0) is 16.3. The van der Waals surface area contributed by atoms with Crippen LogP contribution in [0.4, 0.5) is 0 Å². The van der Waals surface area contributed by atoms with Gasteiger partial charge in [-0.2, -0.15) is 0 Å². The van der Waals surface area contributed by atoms with Crippen LogP contribution in [0.3, 0.4) is 0 Å². The maximum Gasteiger partial charge on any atom is 0.306 e. The monoisotopic (exact) mass is 299 g/mol. The second-order valence-corrected chi connectivity index (χ2v) is 6.53. The van der Waals surface area contributed by atoms with E-state index in [0.717, 1.165) is 19.3 Å². The first kappa shape index (κ1) is 19.9. The first-order chi connectivity index (χ1) is 9.86. The van der Waals surface area contributed by atoms with Crippen molar-refractivity contribution >= 4 is 11.9 Å². The van der Waals surface area contributed by atoms with Crippen LogP contribution in [0, 0.1) is 11.8 Å². The molecule has 0 aromatic rings. The lowest BCUT2D eigenvalue weighted by Crippen LogP contribution is -2.37. The van der Waals surface area contributed by atoms with Crippen LogP contribution in [0.5, 0.6) is 0 Å². The molecule has 0 saturated carbocycles. The molecule has 0 bridgehead atoms. The lowest BCUT2D eigenvalue weighted by Gasteiger charge is -2.22. The van der Waals surface area contributed by atoms with Crippen molar-refractivity contribution in [3.05, 3.63) is 0 Å². The second-order valence-electron chi connectivity index (χ2n) is 6.53. The van der Waals surface area contributed by atoms with Crippen molar-refractivity contribution < 1.29 is 14.7 Å². The molecule has 0 heterocycles. The molecule has 1 unspecified atom stereocenters. The summed E-state index contributed by atoms with van der Waals surface area (Å²) in [5.41, 5.74) is 0. The van der Waals surface area contributed by atoms with Crippen LogP contribution in [-0.4, -0.2) is 23.0 Å². The average Bonchev–Trinajstić information content (AvgIpc) is 2.37. The number of rotatable bonds is 12. The summed E-state index contributed by atoms with van der Waals surface area (Å²) in [5.74, 6) is -0.702. The molecule has 1 amide bonds. The van der Waals surface area contributed by atoms with E-state index in [-0.39, 0.29) is 11.9 Å². The molecule has 4 heteroatoms. The minimum atomic E-state index is -0.794. The number of carboxylic acids is 1. The number of hydrogen-bond acceptors (Lipinski definition) is 2. The lowest BCUT2D eigenvalue weighted by atomic mass is 9.94. The third-order valence-corrected chi connectivity index (χ3v) is 3.69. The van der Waals surface area contributed by atoms with E-state index in [9.17, 15) is 9.59 Å². The van der Waals surface area contributed by atoms with Crippen LogP contribution >= 0.6 is 0 Å². The van der Waals surface area contributed by atoms with E-state index in [0.29, 0.717) is 18.8 Å². The molecule has 0 spiro atoms. The van der Waals surface area contributed by atoms with Crippen molar-refractivity contribution in [1.82, 2.24) is 5.32 Å². The fourth-order valence-corrected chi connectivity index (χ4v) is 2.50. The minimum Gasteiger partial charge on any atom is -0.481 e. The van der Waals surface area contributed by atoms with Crippen LogP contribution in [0.2, 0.25) is 0 Å². The summed E-state index contributed by atoms with van der Waals surface area (Å²) in [5, 5.41) is 12.0. The van der Waals surface area contributed by atoms with Crippen molar-refractivity contribution in [2.45, 2.75) is 85.1 Å². The molecule has 0 rings (SSSR count). The number of carboxylic acid groups (broad SMARTS) is 1. The molecule has 0 aromatic carbocycles. The largest absolute Gasteiger partial charge is 0.481 e. The number of unbranched alkanes of at least 4 members (excludes halogenated alkanes) is 4. The van der Waals surface area contributed by atoms with E-state index in [1.165, 1.54) is 19.3 Å². The van der Waals surface area contributed by atoms with E-state index in [4.69, 9.17) is 5.11 Å². The van der Waals surface area contributed by atoms with E-state index in [1.54, 1.807) is 6.92 Å². The Hall–Kier alpha value is -1.06. The summed E-state index contributed by atoms with van der Waals surface area (Å²) in [7, 11) is 0. The van der Waals surface area contributed by atoms with Crippen molar-refractivity contribution in [2.75, 3.05) is 0 Å². The zero-order valence-corrected chi connectivity index (χ0v) is 14.2. The van der Waals surface area contributed by atoms with Gasteiger partial charge >= 0.3 is 5.97 Å². The van der Waals surface area contributed by atoms with Gasteiger partial charge in [0.2, 0.25) is 5.91 Å². The minimum absolute atomic E-state index is 0.0285. The van der Waals surface area contributed by atoms with Gasteiger partial charge in [-0.3, -0.25) is 9.59 Å². The number of aliphatic carboxylic acids is 1. The van der Waals surface area contributed by atoms with Gasteiger partial charge in [0.15, 0.2) is 0 Å². The van der Waals surface area contributed by atoms with E-state index >= 15 is 0 Å². The number of carbonyl (C=O) groups is 2. The summed E-state index contributed by atoms with van der Waals surface area (Å²) in [6.07, 6.45) is 7.54. The molecule has 0 aliphatic rings. The van der Waals surface area contributed by atoms with Crippen LogP contribution in [0.15, 0.2) is 0 Å². The average molecular weight is 299 g/mol. The highest BCUT2D eigenvalue weighted by Crippen LogP contribution is 2.14. The van der Waals surface area contributed by atoms with Gasteiger partial charge < -0.3 is 10.4 Å². The van der Waals surface area contributed by atoms with Gasteiger partial charge in [0, 0.05) is 12.5 Å². The van der Waals surface area contributed by atoms with Gasteiger partial charge in [0.25, 0.3) is 0 Å². The second kappa shape index (κ2) is 11.6. The molecule has 0 aromatic heterocycles. The normalized spacial score (nSPS) is 14.0. The summed E-state index contributed by atoms with van der Waals surface area (Å²) in [6.45, 7) is 8.06. The predicted octanol–water partition coefficient (Wildman–Crippen LogP) is 3.99. The molecule has 4 nitrogen and oxygen atoms in total. The molecule has 2 atom stereocenters. The summed E-state index contributed by atoms with van der Waals surface area (Å²) >= 11 is 0. The van der Waals surface area contributed by atoms with Crippen LogP contribution in [0.1, 0.15) is 79.1 Å². The van der Waals surface area contributed by atoms with Gasteiger partial charge in [0.05, 0.1) is 5.92 Å². The molecule has 21 heavy (non-hydrogen) atoms. The fourth-order valence-electron chi connectivity index (χ4n) is 2.50. The van der Waals surface area contributed by atoms with Gasteiger partial charge in [-0.05, 0) is 25.2 Å². The molecular formula is C17H33NO3. The summed E-state index contributed by atoms with van der Waals surface area (Å²) in [6, 6.07) is -0.0285. The smallest absolute Gasteiger partial charge is 0.306 e. The maximum absolute atomic E-state index is 12.0. The Labute approximate surface area is 129 Å². The molecule has 0 saturated heterocycles. The van der Waals surface area contributed by atoms with Gasteiger partial charge in [-0.1, -0.05) is 53.4 Å². The van der Waals surface area contributed by atoms with Crippen molar-refractivity contribution in [3.63, 3.8) is 0 Å². The molecule has 0 aliphatic carbocycles. The Morgan fingerprint density at radius 1 is 1.00 bits per heavy atom. The zero-order valence-electron chi connectivity index (χ0n) is 14.2. The Morgan fingerprint density at radius 3 is 2.14 bits per heavy atom. The van der Waals surface area contributed by atoms with E-state index < -0.39 is 11.9 Å². The highest BCUT2D eigenvalue weighted by atomic mass is 16.4. The highest BCUT2D eigenvalue weighted by molar-refractivity contribution is 5.76. The van der Waals surface area contributed by atoms with Crippen molar-refractivity contribution in [1.29, 1.82) is 0 Å². The first-order valence-corrected chi connectivity index (χ1v) is 8.38. The molecule has 2 N–H and O–H groups in total. The molecule has 0 radical (unpaired) electrons. The van der Waals surface area contributed by atoms with Gasteiger partial charge in [-0.15, -0.1) is 0 Å². The summed E-state index contributed by atoms with van der Waals surface area (Å²) < 4.78 is 0. The first-order valence-electron chi connectivity index (χ1n) is 8.38. The lowest BCUT2D eigenvalue weighted by molar-refractivity contribution is -0.141. The Morgan fingerprint density at radius 2 is 1.62 bits per heavy atom. The van der Waals surface area contributed by atoms with Gasteiger partial charge in [0.1, 0.15) is 0 Å². The Balaban J connectivity index is 4.13. The van der Waals surface area contributed by atoms with Gasteiger partial charge in [-0.25, -0.2) is 0 Å². The maximum atomic E-state index is 12.0. The molecule has 0 aliphatic heterocycles. The SMILES string of the molecule is CCCCCCCC(=O)N[C@H](CC(C)C)CC(C)C(=O)O. The van der Waals surface area contributed by atoms with Crippen molar-refractivity contribution in [3.8, 4) is 0 Å². The third kappa shape index (κ3) is 11.3. The number of nitrogens with one attached hydrogen (secondary N) is 1. The summed E-state index contributed by atoms with van der Waals surface area (Å²) in [4.78, 5) is 22.9. The standard InChI is InChI=1S/C17H33NO3/c1-5-6-7-8-9-10-16(19)18-15(11-13(2)3)12-14(4)17(20)21/h13-15H,5-12H2,1-4H3,(H,18,19)(H,20,21)/t14?,15-/m1/s1. The number of hydrogen-bond donors (Lipinski definition) is 2. The van der Waals surface area contributed by atoms with Crippen LogP contribution in [-0.2, 0) is 9.59 Å². The van der Waals surface area contributed by atoms with Crippen LogP contribution in [0.25, 0.3) is 0 Å². The van der Waals surface area contributed by atoms with E-state index in [2.05, 4.69) is 26.1 Å². The highest BCUT2D eigenvalue weighted by Gasteiger charge is 2.20. The third-order valence-electron chi connectivity index (χ3n) is 3.69. The Bertz CT molecular complexity index is 302. The Kier molecular flexibility index (Phi) is 11.0. The molecule has 0 fully saturated rings. The molecule has 124 valence electrons. The topological polar surface area (TPSA) is 66.4 Å². The predicted molar refractivity (Wildman–Crippen MR) is 86.2 cm³/mol. The quantitative estimate of drug-likeness (QED) is 0.535. The molecular weight excluding hydrogens is 266 g/mol. The fraction of sp³-hybridized carbons (Fsp3) is 0.882. The number of carbonyl (C=O) groups excluding carboxylic acids is 1. The number of amides is 1. The van der Waals surface area contributed by atoms with Crippen molar-refractivity contribution in [2.24, 2.45) is 11.8 Å².